The Hall–Kier alpha value is -0.940. The second-order valence-electron chi connectivity index (χ2n) is 7.05. The number of hydrogen-bond acceptors (Lipinski definition) is 5. The summed E-state index contributed by atoms with van der Waals surface area (Å²) in [5.74, 6) is 1.96. The van der Waals surface area contributed by atoms with Crippen LogP contribution < -0.4 is 5.32 Å². The molecule has 1 aliphatic heterocycles. The highest BCUT2D eigenvalue weighted by Gasteiger charge is 2.43. The van der Waals surface area contributed by atoms with E-state index in [1.165, 1.54) is 12.8 Å². The number of hydrogen-bond donors (Lipinski definition) is 1. The van der Waals surface area contributed by atoms with Gasteiger partial charge in [0.2, 0.25) is 5.89 Å². The third-order valence-electron chi connectivity index (χ3n) is 5.07. The summed E-state index contributed by atoms with van der Waals surface area (Å²) in [6.45, 7) is 7.12. The molecular formula is C15H25N3O2. The zero-order valence-corrected chi connectivity index (χ0v) is 12.7. The van der Waals surface area contributed by atoms with Crippen molar-refractivity contribution in [3.8, 4) is 0 Å². The standard InChI is InChI=1S/C15H25N3O2/c1-14(2)9-16-8-11(14)12-17-13(18-20-12)15(10-19-3)6-4-5-7-15/h11,16H,4-10H2,1-3H3. The van der Waals surface area contributed by atoms with Crippen LogP contribution in [0.25, 0.3) is 0 Å². The molecule has 0 aromatic carbocycles. The van der Waals surface area contributed by atoms with E-state index in [2.05, 4.69) is 24.3 Å². The molecule has 1 N–H and O–H groups in total. The van der Waals surface area contributed by atoms with Gasteiger partial charge in [-0.25, -0.2) is 0 Å². The molecule has 5 nitrogen and oxygen atoms in total. The minimum atomic E-state index is -0.0212. The highest BCUT2D eigenvalue weighted by molar-refractivity contribution is 5.13. The Bertz CT molecular complexity index is 463. The van der Waals surface area contributed by atoms with Gasteiger partial charge in [-0.2, -0.15) is 4.98 Å². The third kappa shape index (κ3) is 2.27. The molecule has 1 saturated carbocycles. The van der Waals surface area contributed by atoms with Crippen molar-refractivity contribution in [2.75, 3.05) is 26.8 Å². The average Bonchev–Trinajstić information content (AvgIpc) is 3.08. The van der Waals surface area contributed by atoms with Crippen molar-refractivity contribution in [3.05, 3.63) is 11.7 Å². The first kappa shape index (κ1) is 14.0. The lowest BCUT2D eigenvalue weighted by molar-refractivity contribution is 0.125. The summed E-state index contributed by atoms with van der Waals surface area (Å²) >= 11 is 0. The zero-order chi connectivity index (χ0) is 14.2. The highest BCUT2D eigenvalue weighted by atomic mass is 16.5. The lowest BCUT2D eigenvalue weighted by Crippen LogP contribution is -2.29. The second-order valence-corrected chi connectivity index (χ2v) is 7.05. The minimum absolute atomic E-state index is 0.0212. The Morgan fingerprint density at radius 1 is 1.35 bits per heavy atom. The van der Waals surface area contributed by atoms with Crippen molar-refractivity contribution in [2.24, 2.45) is 5.41 Å². The van der Waals surface area contributed by atoms with Crippen LogP contribution in [0.15, 0.2) is 4.52 Å². The molecule has 20 heavy (non-hydrogen) atoms. The van der Waals surface area contributed by atoms with E-state index in [0.717, 1.165) is 37.6 Å². The molecular weight excluding hydrogens is 254 g/mol. The molecule has 0 bridgehead atoms. The number of rotatable bonds is 4. The first-order valence-electron chi connectivity index (χ1n) is 7.61. The number of ether oxygens (including phenoxy) is 1. The van der Waals surface area contributed by atoms with Crippen molar-refractivity contribution in [1.82, 2.24) is 15.5 Å². The average molecular weight is 279 g/mol. The van der Waals surface area contributed by atoms with Crippen molar-refractivity contribution >= 4 is 0 Å². The van der Waals surface area contributed by atoms with Crippen molar-refractivity contribution < 1.29 is 9.26 Å². The van der Waals surface area contributed by atoms with E-state index in [-0.39, 0.29) is 10.8 Å². The largest absolute Gasteiger partial charge is 0.384 e. The van der Waals surface area contributed by atoms with Gasteiger partial charge in [0.25, 0.3) is 0 Å². The SMILES string of the molecule is COCC1(c2noc(C3CNCC3(C)C)n2)CCCC1. The Labute approximate surface area is 120 Å². The molecule has 0 radical (unpaired) electrons. The Morgan fingerprint density at radius 2 is 2.10 bits per heavy atom. The Balaban J connectivity index is 1.86. The number of nitrogens with zero attached hydrogens (tertiary/aromatic N) is 2. The van der Waals surface area contributed by atoms with Gasteiger partial charge in [-0.1, -0.05) is 31.8 Å². The summed E-state index contributed by atoms with van der Waals surface area (Å²) in [7, 11) is 1.76. The summed E-state index contributed by atoms with van der Waals surface area (Å²) in [6, 6.07) is 0. The molecule has 112 valence electrons. The number of methoxy groups -OCH3 is 1. The number of aromatic nitrogens is 2. The molecule has 1 aromatic heterocycles. The van der Waals surface area contributed by atoms with Crippen LogP contribution in [0.4, 0.5) is 0 Å². The molecule has 0 spiro atoms. The molecule has 5 heteroatoms. The van der Waals surface area contributed by atoms with Crippen molar-refractivity contribution in [3.63, 3.8) is 0 Å². The minimum Gasteiger partial charge on any atom is -0.384 e. The maximum absolute atomic E-state index is 5.61. The lowest BCUT2D eigenvalue weighted by Gasteiger charge is -2.24. The fourth-order valence-corrected chi connectivity index (χ4v) is 3.71. The summed E-state index contributed by atoms with van der Waals surface area (Å²) in [6.07, 6.45) is 4.66. The van der Waals surface area contributed by atoms with Crippen LogP contribution >= 0.6 is 0 Å². The summed E-state index contributed by atoms with van der Waals surface area (Å²) in [5.41, 5.74) is 0.153. The highest BCUT2D eigenvalue weighted by Crippen LogP contribution is 2.42. The predicted molar refractivity (Wildman–Crippen MR) is 75.7 cm³/mol. The smallest absolute Gasteiger partial charge is 0.231 e. The van der Waals surface area contributed by atoms with Crippen LogP contribution in [0.5, 0.6) is 0 Å². The van der Waals surface area contributed by atoms with Crippen molar-refractivity contribution in [1.29, 1.82) is 0 Å². The van der Waals surface area contributed by atoms with Gasteiger partial charge in [0.05, 0.1) is 17.9 Å². The lowest BCUT2D eigenvalue weighted by atomic mass is 9.82. The predicted octanol–water partition coefficient (Wildman–Crippen LogP) is 2.24. The van der Waals surface area contributed by atoms with Gasteiger partial charge >= 0.3 is 0 Å². The van der Waals surface area contributed by atoms with Crippen LogP contribution in [-0.4, -0.2) is 36.9 Å². The van der Waals surface area contributed by atoms with E-state index in [0.29, 0.717) is 12.5 Å². The molecule has 1 saturated heterocycles. The Morgan fingerprint density at radius 3 is 2.70 bits per heavy atom. The molecule has 1 aromatic rings. The second kappa shape index (κ2) is 5.11. The topological polar surface area (TPSA) is 60.2 Å². The molecule has 1 atom stereocenters. The van der Waals surface area contributed by atoms with E-state index in [4.69, 9.17) is 14.2 Å². The molecule has 0 amide bonds. The first-order valence-corrected chi connectivity index (χ1v) is 7.61. The van der Waals surface area contributed by atoms with Gasteiger partial charge in [-0.3, -0.25) is 0 Å². The van der Waals surface area contributed by atoms with E-state index in [9.17, 15) is 0 Å². The third-order valence-corrected chi connectivity index (χ3v) is 5.07. The monoisotopic (exact) mass is 279 g/mol. The van der Waals surface area contributed by atoms with Gasteiger partial charge in [0.15, 0.2) is 5.82 Å². The van der Waals surface area contributed by atoms with Crippen LogP contribution in [0.3, 0.4) is 0 Å². The van der Waals surface area contributed by atoms with E-state index in [1.54, 1.807) is 7.11 Å². The van der Waals surface area contributed by atoms with Crippen LogP contribution in [-0.2, 0) is 10.2 Å². The van der Waals surface area contributed by atoms with Crippen LogP contribution in [0.2, 0.25) is 0 Å². The maximum atomic E-state index is 5.61. The van der Waals surface area contributed by atoms with Gasteiger partial charge in [-0.15, -0.1) is 0 Å². The fraction of sp³-hybridized carbons (Fsp3) is 0.867. The molecule has 1 aliphatic carbocycles. The first-order chi connectivity index (χ1) is 9.57. The molecule has 2 fully saturated rings. The van der Waals surface area contributed by atoms with Crippen LogP contribution in [0, 0.1) is 5.41 Å². The molecule has 1 unspecified atom stereocenters. The molecule has 2 heterocycles. The normalized spacial score (nSPS) is 28.1. The van der Waals surface area contributed by atoms with Crippen LogP contribution in [0.1, 0.15) is 57.2 Å². The summed E-state index contributed by atoms with van der Waals surface area (Å²) in [4.78, 5) is 4.76. The number of nitrogens with one attached hydrogen (secondary N) is 1. The van der Waals surface area contributed by atoms with E-state index < -0.39 is 0 Å². The van der Waals surface area contributed by atoms with E-state index >= 15 is 0 Å². The molecule has 3 rings (SSSR count). The summed E-state index contributed by atoms with van der Waals surface area (Å²) < 4.78 is 11.0. The van der Waals surface area contributed by atoms with Gasteiger partial charge < -0.3 is 14.6 Å². The van der Waals surface area contributed by atoms with Gasteiger partial charge in [-0.05, 0) is 18.3 Å². The zero-order valence-electron chi connectivity index (χ0n) is 12.7. The van der Waals surface area contributed by atoms with E-state index in [1.807, 2.05) is 0 Å². The quantitative estimate of drug-likeness (QED) is 0.916. The fourth-order valence-electron chi connectivity index (χ4n) is 3.71. The maximum Gasteiger partial charge on any atom is 0.231 e. The Kier molecular flexibility index (Phi) is 3.58. The summed E-state index contributed by atoms with van der Waals surface area (Å²) in [5, 5.41) is 7.73. The van der Waals surface area contributed by atoms with Gasteiger partial charge in [0, 0.05) is 20.2 Å². The molecule has 2 aliphatic rings. The van der Waals surface area contributed by atoms with Gasteiger partial charge in [0.1, 0.15) is 0 Å². The van der Waals surface area contributed by atoms with Crippen molar-refractivity contribution in [2.45, 2.75) is 50.9 Å².